The van der Waals surface area contributed by atoms with E-state index in [-0.39, 0.29) is 30.1 Å². The van der Waals surface area contributed by atoms with Crippen molar-refractivity contribution >= 4 is 15.9 Å². The van der Waals surface area contributed by atoms with E-state index in [1.54, 1.807) is 30.3 Å². The number of hydrogen-bond donors (Lipinski definition) is 1. The van der Waals surface area contributed by atoms with Gasteiger partial charge in [-0.1, -0.05) is 24.3 Å². The summed E-state index contributed by atoms with van der Waals surface area (Å²) in [5.41, 5.74) is 0.905. The lowest BCUT2D eigenvalue weighted by Gasteiger charge is -2.31. The van der Waals surface area contributed by atoms with E-state index in [4.69, 9.17) is 9.47 Å². The van der Waals surface area contributed by atoms with Crippen molar-refractivity contribution in [3.05, 3.63) is 54.1 Å². The summed E-state index contributed by atoms with van der Waals surface area (Å²) in [5, 5.41) is 2.91. The SMILES string of the molecule is O=C(NCc1ccc2c(c1)OCO2)[C@@H]1CCCN(S(=O)(=O)c2ccccc2)C1. The topological polar surface area (TPSA) is 84.9 Å². The van der Waals surface area contributed by atoms with Crippen LogP contribution < -0.4 is 14.8 Å². The molecule has 0 unspecified atom stereocenters. The van der Waals surface area contributed by atoms with Crippen LogP contribution in [-0.4, -0.2) is 38.5 Å². The molecule has 1 amide bonds. The minimum absolute atomic E-state index is 0.134. The van der Waals surface area contributed by atoms with Gasteiger partial charge in [0.2, 0.25) is 22.7 Å². The van der Waals surface area contributed by atoms with Gasteiger partial charge >= 0.3 is 0 Å². The highest BCUT2D eigenvalue weighted by Gasteiger charge is 2.33. The van der Waals surface area contributed by atoms with Gasteiger partial charge in [0.15, 0.2) is 11.5 Å². The van der Waals surface area contributed by atoms with E-state index < -0.39 is 10.0 Å². The zero-order chi connectivity index (χ0) is 19.6. The summed E-state index contributed by atoms with van der Waals surface area (Å²) < 4.78 is 37.7. The van der Waals surface area contributed by atoms with Crippen LogP contribution in [0.2, 0.25) is 0 Å². The van der Waals surface area contributed by atoms with Crippen LogP contribution in [0.25, 0.3) is 0 Å². The maximum atomic E-state index is 12.8. The Labute approximate surface area is 164 Å². The number of nitrogens with zero attached hydrogens (tertiary/aromatic N) is 1. The number of piperidine rings is 1. The van der Waals surface area contributed by atoms with Crippen LogP contribution in [-0.2, 0) is 21.4 Å². The summed E-state index contributed by atoms with van der Waals surface area (Å²) in [5.74, 6) is 0.875. The number of ether oxygens (including phenoxy) is 2. The molecule has 2 aromatic carbocycles. The molecule has 4 rings (SSSR count). The zero-order valence-electron chi connectivity index (χ0n) is 15.3. The monoisotopic (exact) mass is 402 g/mol. The van der Waals surface area contributed by atoms with Crippen molar-refractivity contribution < 1.29 is 22.7 Å². The van der Waals surface area contributed by atoms with E-state index >= 15 is 0 Å². The molecule has 0 aromatic heterocycles. The van der Waals surface area contributed by atoms with Crippen LogP contribution in [0.1, 0.15) is 18.4 Å². The van der Waals surface area contributed by atoms with Crippen molar-refractivity contribution in [2.75, 3.05) is 19.9 Å². The minimum Gasteiger partial charge on any atom is -0.454 e. The van der Waals surface area contributed by atoms with Crippen molar-refractivity contribution in [1.82, 2.24) is 9.62 Å². The molecule has 2 aliphatic rings. The fourth-order valence-electron chi connectivity index (χ4n) is 3.50. The van der Waals surface area contributed by atoms with E-state index in [1.165, 1.54) is 4.31 Å². The molecule has 2 aromatic rings. The molecule has 2 heterocycles. The van der Waals surface area contributed by atoms with Gasteiger partial charge < -0.3 is 14.8 Å². The Kier molecular flexibility index (Phi) is 5.23. The van der Waals surface area contributed by atoms with Gasteiger partial charge in [0.05, 0.1) is 10.8 Å². The molecule has 1 atom stereocenters. The number of amides is 1. The lowest BCUT2D eigenvalue weighted by Crippen LogP contribution is -2.45. The second-order valence-electron chi connectivity index (χ2n) is 6.92. The second kappa shape index (κ2) is 7.81. The van der Waals surface area contributed by atoms with Gasteiger partial charge in [0.1, 0.15) is 0 Å². The summed E-state index contributed by atoms with van der Waals surface area (Å²) in [6.45, 7) is 1.20. The molecule has 7 nitrogen and oxygen atoms in total. The Morgan fingerprint density at radius 2 is 1.89 bits per heavy atom. The first kappa shape index (κ1) is 18.8. The summed E-state index contributed by atoms with van der Waals surface area (Å²) in [6, 6.07) is 13.9. The van der Waals surface area contributed by atoms with Crippen LogP contribution in [0.4, 0.5) is 0 Å². The molecule has 0 aliphatic carbocycles. The Morgan fingerprint density at radius 3 is 2.71 bits per heavy atom. The highest BCUT2D eigenvalue weighted by atomic mass is 32.2. The maximum Gasteiger partial charge on any atom is 0.243 e. The highest BCUT2D eigenvalue weighted by molar-refractivity contribution is 7.89. The number of rotatable bonds is 5. The van der Waals surface area contributed by atoms with Gasteiger partial charge in [0, 0.05) is 19.6 Å². The Bertz CT molecular complexity index is 962. The average molecular weight is 402 g/mol. The molecule has 148 valence electrons. The van der Waals surface area contributed by atoms with E-state index in [0.717, 1.165) is 5.56 Å². The van der Waals surface area contributed by atoms with Crippen LogP contribution in [0.15, 0.2) is 53.4 Å². The van der Waals surface area contributed by atoms with E-state index in [9.17, 15) is 13.2 Å². The smallest absolute Gasteiger partial charge is 0.243 e. The second-order valence-corrected chi connectivity index (χ2v) is 8.86. The fourth-order valence-corrected chi connectivity index (χ4v) is 5.05. The number of sulfonamides is 1. The largest absolute Gasteiger partial charge is 0.454 e. The van der Waals surface area contributed by atoms with Gasteiger partial charge in [-0.3, -0.25) is 4.79 Å². The van der Waals surface area contributed by atoms with E-state index in [0.29, 0.717) is 37.4 Å². The van der Waals surface area contributed by atoms with E-state index in [2.05, 4.69) is 5.32 Å². The lowest BCUT2D eigenvalue weighted by molar-refractivity contribution is -0.126. The molecule has 28 heavy (non-hydrogen) atoms. The molecule has 2 aliphatic heterocycles. The van der Waals surface area contributed by atoms with Crippen molar-refractivity contribution in [1.29, 1.82) is 0 Å². The highest BCUT2D eigenvalue weighted by Crippen LogP contribution is 2.32. The number of nitrogens with one attached hydrogen (secondary N) is 1. The molecule has 8 heteroatoms. The molecule has 0 spiro atoms. The Hall–Kier alpha value is -2.58. The van der Waals surface area contributed by atoms with Gasteiger partial charge in [-0.25, -0.2) is 8.42 Å². The lowest BCUT2D eigenvalue weighted by atomic mass is 9.98. The number of carbonyl (C=O) groups is 1. The van der Waals surface area contributed by atoms with Crippen LogP contribution in [0.3, 0.4) is 0 Å². The number of carbonyl (C=O) groups excluding carboxylic acids is 1. The third kappa shape index (κ3) is 3.83. The summed E-state index contributed by atoms with van der Waals surface area (Å²) in [4.78, 5) is 12.9. The normalized spacial score (nSPS) is 19.4. The molecule has 1 N–H and O–H groups in total. The first-order valence-corrected chi connectivity index (χ1v) is 10.7. The summed E-state index contributed by atoms with van der Waals surface area (Å²) in [6.07, 6.45) is 1.34. The molecular formula is C20H22N2O5S. The number of benzene rings is 2. The van der Waals surface area contributed by atoms with Crippen LogP contribution in [0, 0.1) is 5.92 Å². The first-order valence-electron chi connectivity index (χ1n) is 9.25. The van der Waals surface area contributed by atoms with Gasteiger partial charge in [-0.15, -0.1) is 0 Å². The van der Waals surface area contributed by atoms with Crippen molar-refractivity contribution in [2.45, 2.75) is 24.3 Å². The minimum atomic E-state index is -3.58. The Morgan fingerprint density at radius 1 is 1.11 bits per heavy atom. The molecule has 1 saturated heterocycles. The van der Waals surface area contributed by atoms with Gasteiger partial charge in [-0.05, 0) is 42.7 Å². The van der Waals surface area contributed by atoms with Crippen molar-refractivity contribution in [2.24, 2.45) is 5.92 Å². The van der Waals surface area contributed by atoms with Crippen LogP contribution in [0.5, 0.6) is 11.5 Å². The van der Waals surface area contributed by atoms with Crippen LogP contribution >= 0.6 is 0 Å². The average Bonchev–Trinajstić information content (AvgIpc) is 3.20. The number of hydrogen-bond acceptors (Lipinski definition) is 5. The quantitative estimate of drug-likeness (QED) is 0.828. The summed E-state index contributed by atoms with van der Waals surface area (Å²) in [7, 11) is -3.58. The van der Waals surface area contributed by atoms with Crippen molar-refractivity contribution in [3.63, 3.8) is 0 Å². The maximum absolute atomic E-state index is 12.8. The standard InChI is InChI=1S/C20H22N2O5S/c23-20(21-12-15-8-9-18-19(11-15)27-14-26-18)16-5-4-10-22(13-16)28(24,25)17-6-2-1-3-7-17/h1-3,6-9,11,16H,4-5,10,12-14H2,(H,21,23)/t16-/m1/s1. The molecular weight excluding hydrogens is 380 g/mol. The molecule has 0 radical (unpaired) electrons. The zero-order valence-corrected chi connectivity index (χ0v) is 16.2. The number of fused-ring (bicyclic) bond motifs is 1. The fraction of sp³-hybridized carbons (Fsp3) is 0.350. The molecule has 1 fully saturated rings. The Balaban J connectivity index is 1.38. The first-order chi connectivity index (χ1) is 13.5. The molecule has 0 bridgehead atoms. The summed E-state index contributed by atoms with van der Waals surface area (Å²) >= 11 is 0. The van der Waals surface area contributed by atoms with Crippen molar-refractivity contribution in [3.8, 4) is 11.5 Å². The van der Waals surface area contributed by atoms with Gasteiger partial charge in [0.25, 0.3) is 0 Å². The molecule has 0 saturated carbocycles. The third-order valence-electron chi connectivity index (χ3n) is 5.04. The van der Waals surface area contributed by atoms with E-state index in [1.807, 2.05) is 18.2 Å². The predicted molar refractivity (Wildman–Crippen MR) is 102 cm³/mol. The van der Waals surface area contributed by atoms with Gasteiger partial charge in [-0.2, -0.15) is 4.31 Å². The predicted octanol–water partition coefficient (Wildman–Crippen LogP) is 2.13. The third-order valence-corrected chi connectivity index (χ3v) is 6.92.